The highest BCUT2D eigenvalue weighted by Crippen LogP contribution is 2.44. The smallest absolute Gasteiger partial charge is 0.0547 e. The van der Waals surface area contributed by atoms with Crippen LogP contribution in [0, 0.1) is 0 Å². The number of hydrogen-bond donors (Lipinski definition) is 0. The number of anilines is 3. The third-order valence-corrected chi connectivity index (χ3v) is 13.0. The first-order valence-electron chi connectivity index (χ1n) is 22.7. The van der Waals surface area contributed by atoms with Crippen LogP contribution in [0.25, 0.3) is 93.9 Å². The Morgan fingerprint density at radius 3 is 1.35 bits per heavy atom. The van der Waals surface area contributed by atoms with E-state index < -0.39 is 0 Å². The van der Waals surface area contributed by atoms with E-state index in [2.05, 4.69) is 276 Å². The van der Waals surface area contributed by atoms with Gasteiger partial charge in [-0.05, 0) is 110 Å². The lowest BCUT2D eigenvalue weighted by Gasteiger charge is -2.28. The van der Waals surface area contributed by atoms with Crippen molar-refractivity contribution >= 4 is 49.6 Å². The lowest BCUT2D eigenvalue weighted by Crippen LogP contribution is -2.11. The van der Waals surface area contributed by atoms with Crippen molar-refractivity contribution in [1.29, 1.82) is 0 Å². The highest BCUT2D eigenvalue weighted by atomic mass is 15.1. The molecule has 12 rings (SSSR count). The number of benzene rings is 11. The molecule has 11 aromatic carbocycles. The quantitative estimate of drug-likeness (QED) is 0.141. The van der Waals surface area contributed by atoms with E-state index in [4.69, 9.17) is 0 Å². The zero-order chi connectivity index (χ0) is 43.8. The Morgan fingerprint density at radius 2 is 0.697 bits per heavy atom. The Hall–Kier alpha value is -8.72. The summed E-state index contributed by atoms with van der Waals surface area (Å²) in [7, 11) is 0. The topological polar surface area (TPSA) is 8.17 Å². The van der Waals surface area contributed by atoms with Gasteiger partial charge in [0.25, 0.3) is 0 Å². The van der Waals surface area contributed by atoms with Gasteiger partial charge in [0.1, 0.15) is 0 Å². The Labute approximate surface area is 385 Å². The first-order valence-corrected chi connectivity index (χ1v) is 22.7. The van der Waals surface area contributed by atoms with Crippen LogP contribution in [-0.4, -0.2) is 4.57 Å². The van der Waals surface area contributed by atoms with Crippen molar-refractivity contribution in [2.45, 2.75) is 0 Å². The van der Waals surface area contributed by atoms with Crippen LogP contribution in [0.1, 0.15) is 0 Å². The second-order valence-corrected chi connectivity index (χ2v) is 16.9. The summed E-state index contributed by atoms with van der Waals surface area (Å²) in [5.74, 6) is 0. The van der Waals surface area contributed by atoms with Gasteiger partial charge < -0.3 is 9.47 Å². The third-order valence-electron chi connectivity index (χ3n) is 13.0. The lowest BCUT2D eigenvalue weighted by molar-refractivity contribution is 1.20. The number of para-hydroxylation sites is 2. The fourth-order valence-electron chi connectivity index (χ4n) is 9.84. The monoisotopic (exact) mass is 840 g/mol. The third kappa shape index (κ3) is 7.02. The SMILES string of the molecule is c1ccc(-c2ccc(-c3ccc(N(c4ccc(-c5ccccc5)cc4)c4ccccc4-c4cccc(-c5cccc6c5c5ccccc5n6-c5cccc6ccccc56)c4)cc3)cc2)cc1. The summed E-state index contributed by atoms with van der Waals surface area (Å²) in [6.45, 7) is 0. The van der Waals surface area contributed by atoms with E-state index in [0.717, 1.165) is 28.2 Å². The first kappa shape index (κ1) is 38.9. The molecule has 0 aliphatic rings. The zero-order valence-corrected chi connectivity index (χ0v) is 36.3. The molecular weight excluding hydrogens is 797 g/mol. The van der Waals surface area contributed by atoms with Gasteiger partial charge in [-0.25, -0.2) is 0 Å². The molecule has 2 heteroatoms. The molecule has 0 saturated carbocycles. The lowest BCUT2D eigenvalue weighted by atomic mass is 9.94. The summed E-state index contributed by atoms with van der Waals surface area (Å²) in [6, 6.07) is 96.8. The summed E-state index contributed by atoms with van der Waals surface area (Å²) in [5.41, 5.74) is 18.7. The van der Waals surface area contributed by atoms with Gasteiger partial charge in [0.2, 0.25) is 0 Å². The van der Waals surface area contributed by atoms with Crippen molar-refractivity contribution in [3.63, 3.8) is 0 Å². The minimum absolute atomic E-state index is 1.08. The zero-order valence-electron chi connectivity index (χ0n) is 36.3. The normalized spacial score (nSPS) is 11.3. The molecule has 0 radical (unpaired) electrons. The average Bonchev–Trinajstić information content (AvgIpc) is 3.74. The highest BCUT2D eigenvalue weighted by Gasteiger charge is 2.20. The minimum atomic E-state index is 1.08. The molecule has 0 fully saturated rings. The van der Waals surface area contributed by atoms with Crippen LogP contribution in [0.3, 0.4) is 0 Å². The van der Waals surface area contributed by atoms with Gasteiger partial charge in [0.05, 0.1) is 22.4 Å². The predicted molar refractivity (Wildman–Crippen MR) is 280 cm³/mol. The van der Waals surface area contributed by atoms with E-state index >= 15 is 0 Å². The van der Waals surface area contributed by atoms with Crippen LogP contribution in [0.15, 0.2) is 267 Å². The molecule has 2 nitrogen and oxygen atoms in total. The van der Waals surface area contributed by atoms with E-state index in [1.54, 1.807) is 0 Å². The second-order valence-electron chi connectivity index (χ2n) is 16.9. The van der Waals surface area contributed by atoms with Gasteiger partial charge >= 0.3 is 0 Å². The fourth-order valence-corrected chi connectivity index (χ4v) is 9.84. The first-order chi connectivity index (χ1) is 32.7. The Morgan fingerprint density at radius 1 is 0.273 bits per heavy atom. The molecule has 0 atom stereocenters. The molecule has 0 saturated heterocycles. The van der Waals surface area contributed by atoms with Crippen molar-refractivity contribution in [3.05, 3.63) is 267 Å². The van der Waals surface area contributed by atoms with Gasteiger partial charge in [-0.1, -0.05) is 212 Å². The van der Waals surface area contributed by atoms with E-state index in [0.29, 0.717) is 0 Å². The Kier molecular flexibility index (Phi) is 9.89. The summed E-state index contributed by atoms with van der Waals surface area (Å²) in [6.07, 6.45) is 0. The van der Waals surface area contributed by atoms with Gasteiger partial charge in [-0.2, -0.15) is 0 Å². The van der Waals surface area contributed by atoms with E-state index in [1.807, 2.05) is 0 Å². The Balaban J connectivity index is 0.969. The van der Waals surface area contributed by atoms with Crippen molar-refractivity contribution in [2.75, 3.05) is 4.90 Å². The van der Waals surface area contributed by atoms with Crippen LogP contribution in [0.4, 0.5) is 17.1 Å². The maximum Gasteiger partial charge on any atom is 0.0547 e. The molecular formula is C64H44N2. The molecule has 0 bridgehead atoms. The van der Waals surface area contributed by atoms with Gasteiger partial charge in [-0.3, -0.25) is 0 Å². The molecule has 12 aromatic rings. The second kappa shape index (κ2) is 16.8. The number of rotatable bonds is 9. The Bertz CT molecular complexity index is 3660. The molecule has 66 heavy (non-hydrogen) atoms. The van der Waals surface area contributed by atoms with Crippen LogP contribution in [0.5, 0.6) is 0 Å². The minimum Gasteiger partial charge on any atom is -0.310 e. The largest absolute Gasteiger partial charge is 0.310 e. The molecule has 310 valence electrons. The van der Waals surface area contributed by atoms with E-state index in [-0.39, 0.29) is 0 Å². The molecule has 0 unspecified atom stereocenters. The van der Waals surface area contributed by atoms with Gasteiger partial charge in [0, 0.05) is 33.1 Å². The van der Waals surface area contributed by atoms with Crippen LogP contribution >= 0.6 is 0 Å². The maximum absolute atomic E-state index is 2.45. The molecule has 1 heterocycles. The number of fused-ring (bicyclic) bond motifs is 4. The maximum atomic E-state index is 2.45. The molecule has 0 spiro atoms. The van der Waals surface area contributed by atoms with Crippen LogP contribution in [0.2, 0.25) is 0 Å². The highest BCUT2D eigenvalue weighted by molar-refractivity contribution is 6.16. The van der Waals surface area contributed by atoms with E-state index in [1.165, 1.54) is 82.8 Å². The molecule has 0 aliphatic heterocycles. The van der Waals surface area contributed by atoms with Crippen molar-refractivity contribution in [1.82, 2.24) is 4.57 Å². The molecule has 1 aromatic heterocycles. The van der Waals surface area contributed by atoms with Crippen LogP contribution in [-0.2, 0) is 0 Å². The van der Waals surface area contributed by atoms with Crippen molar-refractivity contribution in [2.24, 2.45) is 0 Å². The van der Waals surface area contributed by atoms with Crippen molar-refractivity contribution < 1.29 is 0 Å². The number of hydrogen-bond acceptors (Lipinski definition) is 1. The summed E-state index contributed by atoms with van der Waals surface area (Å²) >= 11 is 0. The predicted octanol–water partition coefficient (Wildman–Crippen LogP) is 17.7. The standard InChI is InChI=1S/C64H44N2/c1-3-16-45(17-4-1)47-32-34-48(35-33-47)50-38-42-55(43-39-50)65(54-40-36-49(37-41-54)46-18-5-2-6-19-46)60-28-11-9-25-57(60)52-22-13-23-53(44-52)58-27-15-31-63-64(58)59-26-10-12-29-62(59)66(63)61-30-14-21-51-20-7-8-24-56(51)61/h1-44H. The van der Waals surface area contributed by atoms with Crippen LogP contribution < -0.4 is 4.90 Å². The molecule has 0 N–H and O–H groups in total. The molecule has 0 amide bonds. The number of nitrogens with zero attached hydrogens (tertiary/aromatic N) is 2. The number of aromatic nitrogens is 1. The van der Waals surface area contributed by atoms with Gasteiger partial charge in [0.15, 0.2) is 0 Å². The van der Waals surface area contributed by atoms with Crippen molar-refractivity contribution in [3.8, 4) is 61.3 Å². The summed E-state index contributed by atoms with van der Waals surface area (Å²) < 4.78 is 2.45. The summed E-state index contributed by atoms with van der Waals surface area (Å²) in [5, 5.41) is 4.95. The average molecular weight is 841 g/mol. The summed E-state index contributed by atoms with van der Waals surface area (Å²) in [4.78, 5) is 2.40. The fraction of sp³-hybridized carbons (Fsp3) is 0. The van der Waals surface area contributed by atoms with Gasteiger partial charge in [-0.15, -0.1) is 0 Å². The molecule has 0 aliphatic carbocycles. The van der Waals surface area contributed by atoms with E-state index in [9.17, 15) is 0 Å².